The van der Waals surface area contributed by atoms with Gasteiger partial charge in [0.05, 0.1) is 6.04 Å². The quantitative estimate of drug-likeness (QED) is 0.695. The van der Waals surface area contributed by atoms with Gasteiger partial charge in [0.1, 0.15) is 0 Å². The SMILES string of the molecule is CCC(C)C(N)C(=O)N1CCN(S(=O)(=O)c2ccc(C(N)=O)o2)CC1. The Bertz CT molecular complexity index is 737. The summed E-state index contributed by atoms with van der Waals surface area (Å²) in [5, 5.41) is -0.336. The van der Waals surface area contributed by atoms with Gasteiger partial charge >= 0.3 is 0 Å². The number of furan rings is 1. The Morgan fingerprint density at radius 3 is 2.32 bits per heavy atom. The van der Waals surface area contributed by atoms with Gasteiger partial charge in [-0.25, -0.2) is 8.42 Å². The lowest BCUT2D eigenvalue weighted by Gasteiger charge is -2.35. The number of carbonyl (C=O) groups is 2. The van der Waals surface area contributed by atoms with Crippen molar-refractivity contribution in [1.82, 2.24) is 9.21 Å². The summed E-state index contributed by atoms with van der Waals surface area (Å²) < 4.78 is 31.3. The molecular weight excluding hydrogens is 348 g/mol. The third-order valence-electron chi connectivity index (χ3n) is 4.51. The van der Waals surface area contributed by atoms with Crippen LogP contribution in [0.4, 0.5) is 0 Å². The molecule has 2 atom stereocenters. The summed E-state index contributed by atoms with van der Waals surface area (Å²) in [5.74, 6) is -1.16. The highest BCUT2D eigenvalue weighted by atomic mass is 32.2. The molecule has 0 bridgehead atoms. The van der Waals surface area contributed by atoms with Gasteiger partial charge in [0.25, 0.3) is 15.9 Å². The number of hydrogen-bond acceptors (Lipinski definition) is 6. The second-order valence-corrected chi connectivity index (χ2v) is 7.99. The number of rotatable bonds is 6. The second-order valence-electron chi connectivity index (χ2n) is 6.12. The zero-order valence-corrected chi connectivity index (χ0v) is 15.2. The smallest absolute Gasteiger partial charge is 0.284 e. The van der Waals surface area contributed by atoms with E-state index >= 15 is 0 Å². The van der Waals surface area contributed by atoms with E-state index in [2.05, 4.69) is 0 Å². The van der Waals surface area contributed by atoms with E-state index in [1.807, 2.05) is 13.8 Å². The number of hydrogen-bond donors (Lipinski definition) is 2. The fourth-order valence-electron chi connectivity index (χ4n) is 2.58. The summed E-state index contributed by atoms with van der Waals surface area (Å²) in [6, 6.07) is 1.84. The van der Waals surface area contributed by atoms with Gasteiger partial charge in [0, 0.05) is 26.2 Å². The lowest BCUT2D eigenvalue weighted by molar-refractivity contribution is -0.134. The molecule has 140 valence electrons. The minimum Gasteiger partial charge on any atom is -0.438 e. The molecule has 1 aliphatic heterocycles. The molecule has 1 fully saturated rings. The second kappa shape index (κ2) is 7.54. The van der Waals surface area contributed by atoms with Crippen molar-refractivity contribution in [2.24, 2.45) is 17.4 Å². The summed E-state index contributed by atoms with van der Waals surface area (Å²) >= 11 is 0. The first-order valence-electron chi connectivity index (χ1n) is 8.12. The van der Waals surface area contributed by atoms with Crippen LogP contribution in [-0.2, 0) is 14.8 Å². The van der Waals surface area contributed by atoms with Crippen molar-refractivity contribution in [3.63, 3.8) is 0 Å². The molecule has 25 heavy (non-hydrogen) atoms. The molecule has 0 aliphatic carbocycles. The normalized spacial score (nSPS) is 18.8. The van der Waals surface area contributed by atoms with E-state index < -0.39 is 22.0 Å². The van der Waals surface area contributed by atoms with Crippen molar-refractivity contribution in [1.29, 1.82) is 0 Å². The summed E-state index contributed by atoms with van der Waals surface area (Å²) in [6.07, 6.45) is 0.794. The summed E-state index contributed by atoms with van der Waals surface area (Å²) in [6.45, 7) is 4.65. The van der Waals surface area contributed by atoms with Crippen molar-refractivity contribution in [3.8, 4) is 0 Å². The standard InChI is InChI=1S/C15H24N4O5S/c1-3-10(2)13(16)15(21)18-6-8-19(9-7-18)25(22,23)12-5-4-11(24-12)14(17)20/h4-5,10,13H,3,6-9,16H2,1-2H3,(H2,17,20). The zero-order chi connectivity index (χ0) is 18.8. The van der Waals surface area contributed by atoms with Gasteiger partial charge < -0.3 is 20.8 Å². The first-order valence-corrected chi connectivity index (χ1v) is 9.56. The van der Waals surface area contributed by atoms with Crippen LogP contribution >= 0.6 is 0 Å². The molecule has 10 heteroatoms. The van der Waals surface area contributed by atoms with E-state index in [0.29, 0.717) is 0 Å². The largest absolute Gasteiger partial charge is 0.438 e. The number of nitrogens with two attached hydrogens (primary N) is 2. The molecule has 0 saturated carbocycles. The molecular formula is C15H24N4O5S. The van der Waals surface area contributed by atoms with E-state index in [9.17, 15) is 18.0 Å². The van der Waals surface area contributed by atoms with Gasteiger partial charge in [0.15, 0.2) is 5.76 Å². The molecule has 2 unspecified atom stereocenters. The Kier molecular flexibility index (Phi) is 5.86. The van der Waals surface area contributed by atoms with Crippen LogP contribution in [-0.4, -0.2) is 61.7 Å². The van der Waals surface area contributed by atoms with Crippen molar-refractivity contribution in [2.45, 2.75) is 31.4 Å². The number of primary amides is 1. The number of nitrogens with zero attached hydrogens (tertiary/aromatic N) is 2. The van der Waals surface area contributed by atoms with E-state index in [1.54, 1.807) is 4.90 Å². The van der Waals surface area contributed by atoms with Gasteiger partial charge in [-0.2, -0.15) is 4.31 Å². The van der Waals surface area contributed by atoms with Crippen LogP contribution in [0.3, 0.4) is 0 Å². The lowest BCUT2D eigenvalue weighted by Crippen LogP contribution is -2.55. The van der Waals surface area contributed by atoms with Gasteiger partial charge in [-0.3, -0.25) is 9.59 Å². The van der Waals surface area contributed by atoms with Crippen LogP contribution < -0.4 is 11.5 Å². The molecule has 9 nitrogen and oxygen atoms in total. The maximum atomic E-state index is 12.5. The Balaban J connectivity index is 2.03. The molecule has 0 radical (unpaired) electrons. The minimum absolute atomic E-state index is 0.0598. The monoisotopic (exact) mass is 372 g/mol. The Labute approximate surface area is 147 Å². The Morgan fingerprint density at radius 2 is 1.84 bits per heavy atom. The highest BCUT2D eigenvalue weighted by Gasteiger charge is 2.34. The van der Waals surface area contributed by atoms with Gasteiger partial charge in [-0.05, 0) is 18.1 Å². The molecule has 4 N–H and O–H groups in total. The van der Waals surface area contributed by atoms with Gasteiger partial charge in [0.2, 0.25) is 11.0 Å². The molecule has 0 aromatic carbocycles. The van der Waals surface area contributed by atoms with E-state index in [0.717, 1.165) is 6.42 Å². The molecule has 2 amide bonds. The fourth-order valence-corrected chi connectivity index (χ4v) is 3.91. The fraction of sp³-hybridized carbons (Fsp3) is 0.600. The topological polar surface area (TPSA) is 140 Å². The molecule has 1 aromatic rings. The molecule has 1 saturated heterocycles. The number of carbonyl (C=O) groups excluding carboxylic acids is 2. The van der Waals surface area contributed by atoms with Crippen LogP contribution in [0, 0.1) is 5.92 Å². The summed E-state index contributed by atoms with van der Waals surface area (Å²) in [7, 11) is -3.88. The van der Waals surface area contributed by atoms with Crippen molar-refractivity contribution < 1.29 is 22.4 Å². The summed E-state index contributed by atoms with van der Waals surface area (Å²) in [4.78, 5) is 25.0. The first-order chi connectivity index (χ1) is 11.7. The third kappa shape index (κ3) is 4.02. The minimum atomic E-state index is -3.88. The Morgan fingerprint density at radius 1 is 1.24 bits per heavy atom. The maximum absolute atomic E-state index is 12.5. The van der Waals surface area contributed by atoms with Crippen LogP contribution in [0.5, 0.6) is 0 Å². The molecule has 1 aliphatic rings. The molecule has 2 rings (SSSR count). The lowest BCUT2D eigenvalue weighted by atomic mass is 9.99. The Hall–Kier alpha value is -1.91. The van der Waals surface area contributed by atoms with Crippen molar-refractivity contribution in [2.75, 3.05) is 26.2 Å². The molecule has 2 heterocycles. The van der Waals surface area contributed by atoms with Crippen LogP contribution in [0.15, 0.2) is 21.6 Å². The maximum Gasteiger partial charge on any atom is 0.284 e. The summed E-state index contributed by atoms with van der Waals surface area (Å²) in [5.41, 5.74) is 11.0. The first kappa shape index (κ1) is 19.4. The molecule has 1 aromatic heterocycles. The van der Waals surface area contributed by atoms with Gasteiger partial charge in [-0.1, -0.05) is 20.3 Å². The van der Waals surface area contributed by atoms with Crippen LogP contribution in [0.25, 0.3) is 0 Å². The van der Waals surface area contributed by atoms with E-state index in [1.165, 1.54) is 16.4 Å². The molecule has 0 spiro atoms. The average Bonchev–Trinajstić information content (AvgIpc) is 3.11. The van der Waals surface area contributed by atoms with E-state index in [4.69, 9.17) is 15.9 Å². The number of sulfonamides is 1. The van der Waals surface area contributed by atoms with Crippen molar-refractivity contribution >= 4 is 21.8 Å². The average molecular weight is 372 g/mol. The number of piperazine rings is 1. The van der Waals surface area contributed by atoms with Crippen molar-refractivity contribution in [3.05, 3.63) is 17.9 Å². The van der Waals surface area contributed by atoms with Crippen LogP contribution in [0.2, 0.25) is 0 Å². The highest BCUT2D eigenvalue weighted by molar-refractivity contribution is 7.89. The van der Waals surface area contributed by atoms with Gasteiger partial charge in [-0.15, -0.1) is 0 Å². The van der Waals surface area contributed by atoms with E-state index in [-0.39, 0.29) is 48.9 Å². The van der Waals surface area contributed by atoms with Crippen LogP contribution in [0.1, 0.15) is 30.8 Å². The number of amides is 2. The highest BCUT2D eigenvalue weighted by Crippen LogP contribution is 2.20. The predicted octanol–water partition coefficient (Wildman–Crippen LogP) is -0.415. The third-order valence-corrected chi connectivity index (χ3v) is 6.28. The predicted molar refractivity (Wildman–Crippen MR) is 90.0 cm³/mol. The zero-order valence-electron chi connectivity index (χ0n) is 14.3.